The molecule has 1 unspecified atom stereocenters. The van der Waals surface area contributed by atoms with Crippen LogP contribution in [0.15, 0.2) is 47.0 Å². The maximum Gasteiger partial charge on any atom is 0.508 e. The lowest BCUT2D eigenvalue weighted by Gasteiger charge is -2.48. The van der Waals surface area contributed by atoms with Crippen LogP contribution in [0.25, 0.3) is 0 Å². The molecule has 1 aromatic carbocycles. The minimum Gasteiger partial charge on any atom is -0.464 e. The summed E-state index contributed by atoms with van der Waals surface area (Å²) < 4.78 is 19.9. The second kappa shape index (κ2) is 12.8. The molecule has 0 saturated carbocycles. The molecule has 1 aromatic rings. The number of nitrogens with zero attached hydrogens (tertiary/aromatic N) is 2. The second-order valence-corrected chi connectivity index (χ2v) is 9.31. The second-order valence-electron chi connectivity index (χ2n) is 8.01. The predicted molar refractivity (Wildman–Crippen MR) is 131 cm³/mol. The zero-order valence-electron chi connectivity index (χ0n) is 20.6. The van der Waals surface area contributed by atoms with Gasteiger partial charge >= 0.3 is 18.2 Å². The number of non-ortho nitro benzene ring substituents is 1. The molecule has 2 amide bonds. The summed E-state index contributed by atoms with van der Waals surface area (Å²) in [6.07, 6.45) is -3.05. The molecule has 1 aliphatic heterocycles. The molecular weight excluding hydrogens is 510 g/mol. The number of carbonyl (C=O) groups excluding carboxylic acids is 4. The normalized spacial score (nSPS) is 17.1. The summed E-state index contributed by atoms with van der Waals surface area (Å²) in [6.45, 7) is 8.11. The maximum absolute atomic E-state index is 13.1. The van der Waals surface area contributed by atoms with Gasteiger partial charge in [0.1, 0.15) is 36.3 Å². The van der Waals surface area contributed by atoms with Crippen LogP contribution in [0.2, 0.25) is 0 Å². The molecule has 0 aliphatic carbocycles. The molecule has 1 aliphatic rings. The fourth-order valence-corrected chi connectivity index (χ4v) is 4.66. The van der Waals surface area contributed by atoms with Crippen molar-refractivity contribution >= 4 is 41.6 Å². The van der Waals surface area contributed by atoms with Gasteiger partial charge in [0.05, 0.1) is 12.0 Å². The van der Waals surface area contributed by atoms with Crippen LogP contribution in [-0.2, 0) is 35.1 Å². The Bertz CT molecular complexity index is 1110. The molecule has 1 fully saturated rings. The van der Waals surface area contributed by atoms with Gasteiger partial charge < -0.3 is 24.7 Å². The van der Waals surface area contributed by atoms with E-state index in [-0.39, 0.29) is 24.6 Å². The number of benzene rings is 1. The van der Waals surface area contributed by atoms with Crippen molar-refractivity contribution in [2.24, 2.45) is 11.7 Å². The zero-order valence-corrected chi connectivity index (χ0v) is 21.4. The van der Waals surface area contributed by atoms with Gasteiger partial charge in [0.15, 0.2) is 0 Å². The number of nitro benzene ring substituents is 1. The van der Waals surface area contributed by atoms with Crippen LogP contribution < -0.4 is 5.73 Å². The van der Waals surface area contributed by atoms with Gasteiger partial charge in [0.25, 0.3) is 5.69 Å². The number of likely N-dealkylation sites (tertiary alicyclic amines) is 1. The summed E-state index contributed by atoms with van der Waals surface area (Å²) in [5, 5.41) is 9.99. The standard InChI is InChI=1S/C23H27N3O10S/c1-12(2)18(21(28)33-5)25-19(27)17(20(25)37-13(3)10-34-22(24)29)14(4)36-23(30)35-11-15-6-8-16(9-7-15)26(31)32/h6-9,14,17,20H,3,10-11H2,1-2,4-5H3,(H2,24,29)/t14?,17-,20+/m0/s1. The van der Waals surface area contributed by atoms with Gasteiger partial charge in [-0.1, -0.05) is 6.58 Å². The largest absolute Gasteiger partial charge is 0.508 e. The van der Waals surface area contributed by atoms with E-state index in [0.717, 1.165) is 11.8 Å². The smallest absolute Gasteiger partial charge is 0.464 e. The maximum atomic E-state index is 13.1. The lowest BCUT2D eigenvalue weighted by molar-refractivity contribution is -0.384. The van der Waals surface area contributed by atoms with E-state index in [4.69, 9.17) is 24.7 Å². The molecule has 2 N–H and O–H groups in total. The minimum absolute atomic E-state index is 0.0258. The Hall–Kier alpha value is -4.07. The molecule has 200 valence electrons. The molecule has 13 nitrogen and oxygen atoms in total. The molecule has 37 heavy (non-hydrogen) atoms. The number of ether oxygens (including phenoxy) is 4. The lowest BCUT2D eigenvalue weighted by atomic mass is 9.91. The van der Waals surface area contributed by atoms with Crippen LogP contribution in [0, 0.1) is 16.0 Å². The van der Waals surface area contributed by atoms with Gasteiger partial charge in [0, 0.05) is 17.0 Å². The summed E-state index contributed by atoms with van der Waals surface area (Å²) in [5.41, 5.74) is 5.91. The van der Waals surface area contributed by atoms with Crippen molar-refractivity contribution in [1.29, 1.82) is 0 Å². The highest BCUT2D eigenvalue weighted by Gasteiger charge is 2.55. The van der Waals surface area contributed by atoms with Crippen molar-refractivity contribution < 1.29 is 43.0 Å². The monoisotopic (exact) mass is 537 g/mol. The van der Waals surface area contributed by atoms with Crippen LogP contribution in [0.5, 0.6) is 0 Å². The first-order valence-electron chi connectivity index (χ1n) is 10.8. The highest BCUT2D eigenvalue weighted by molar-refractivity contribution is 8.03. The summed E-state index contributed by atoms with van der Waals surface area (Å²) in [7, 11) is 1.18. The third kappa shape index (κ3) is 7.46. The lowest BCUT2D eigenvalue weighted by Crippen LogP contribution is -2.63. The van der Waals surface area contributed by atoms with Crippen LogP contribution in [0.4, 0.5) is 15.3 Å². The Balaban J connectivity index is 2.13. The number of β-lactam (4-membered cyclic amide) rings is 1. The first kappa shape index (κ1) is 29.2. The Morgan fingerprint density at radius 2 is 1.84 bits per heavy atom. The first-order valence-corrected chi connectivity index (χ1v) is 11.7. The van der Waals surface area contributed by atoms with Gasteiger partial charge in [0.2, 0.25) is 5.91 Å². The van der Waals surface area contributed by atoms with Gasteiger partial charge in [-0.15, -0.1) is 11.8 Å². The highest BCUT2D eigenvalue weighted by atomic mass is 32.2. The summed E-state index contributed by atoms with van der Waals surface area (Å²) in [6, 6.07) is 5.41. The van der Waals surface area contributed by atoms with Gasteiger partial charge in [-0.3, -0.25) is 19.8 Å². The van der Waals surface area contributed by atoms with Crippen molar-refractivity contribution in [2.75, 3.05) is 13.7 Å². The summed E-state index contributed by atoms with van der Waals surface area (Å²) in [5.74, 6) is -2.13. The number of nitro groups is 1. The number of hydrogen-bond acceptors (Lipinski definition) is 11. The molecular formula is C23H27N3O10S. The van der Waals surface area contributed by atoms with Crippen molar-refractivity contribution in [1.82, 2.24) is 4.90 Å². The fraction of sp³-hybridized carbons (Fsp3) is 0.391. The number of primary amides is 1. The summed E-state index contributed by atoms with van der Waals surface area (Å²) >= 11 is 1.04. The Morgan fingerprint density at radius 1 is 1.22 bits per heavy atom. The summed E-state index contributed by atoms with van der Waals surface area (Å²) in [4.78, 5) is 60.5. The number of rotatable bonds is 11. The van der Waals surface area contributed by atoms with Crippen molar-refractivity contribution in [2.45, 2.75) is 38.9 Å². The third-order valence-corrected chi connectivity index (χ3v) is 6.33. The molecule has 0 aromatic heterocycles. The molecule has 1 heterocycles. The number of carbonyl (C=O) groups is 4. The van der Waals surface area contributed by atoms with Gasteiger partial charge in [-0.05, 0) is 44.0 Å². The van der Waals surface area contributed by atoms with Crippen LogP contribution in [0.3, 0.4) is 0 Å². The van der Waals surface area contributed by atoms with Gasteiger partial charge in [-0.2, -0.15) is 0 Å². The molecule has 2 rings (SSSR count). The average Bonchev–Trinajstić information content (AvgIpc) is 2.83. The molecule has 14 heteroatoms. The van der Waals surface area contributed by atoms with E-state index in [1.165, 1.54) is 43.2 Å². The number of esters is 1. The number of methoxy groups -OCH3 is 1. The number of amides is 2. The van der Waals surface area contributed by atoms with Crippen molar-refractivity contribution in [3.63, 3.8) is 0 Å². The average molecular weight is 538 g/mol. The predicted octanol–water partition coefficient (Wildman–Crippen LogP) is 3.23. The SMILES string of the molecule is C=C(COC(N)=O)S[C@@H]1[C@@H](C(C)OC(=O)OCc2ccc([N+](=O)[O-])cc2)C(=O)N1C(C(=O)OC)=C(C)C. The zero-order chi connectivity index (χ0) is 27.9. The van der Waals surface area contributed by atoms with E-state index in [1.54, 1.807) is 13.8 Å². The van der Waals surface area contributed by atoms with E-state index < -0.39 is 46.4 Å². The molecule has 1 saturated heterocycles. The Labute approximate surface area is 216 Å². The first-order chi connectivity index (χ1) is 17.4. The highest BCUT2D eigenvalue weighted by Crippen LogP contribution is 2.44. The van der Waals surface area contributed by atoms with Gasteiger partial charge in [-0.25, -0.2) is 14.4 Å². The fourth-order valence-electron chi connectivity index (χ4n) is 3.39. The molecule has 0 radical (unpaired) electrons. The molecule has 0 bridgehead atoms. The number of thioether (sulfide) groups is 1. The van der Waals surface area contributed by atoms with E-state index >= 15 is 0 Å². The van der Waals surface area contributed by atoms with Crippen molar-refractivity contribution in [3.8, 4) is 0 Å². The van der Waals surface area contributed by atoms with E-state index in [9.17, 15) is 29.3 Å². The Kier molecular flexibility index (Phi) is 10.1. The van der Waals surface area contributed by atoms with Crippen LogP contribution in [-0.4, -0.2) is 59.1 Å². The quantitative estimate of drug-likeness (QED) is 0.109. The Morgan fingerprint density at radius 3 is 2.35 bits per heavy atom. The number of nitrogens with two attached hydrogens (primary N) is 1. The number of hydrogen-bond donors (Lipinski definition) is 1. The number of allylic oxidation sites excluding steroid dienone is 1. The third-order valence-electron chi connectivity index (χ3n) is 5.13. The molecule has 0 spiro atoms. The topological polar surface area (TPSA) is 178 Å². The van der Waals surface area contributed by atoms with Crippen LogP contribution in [0.1, 0.15) is 26.3 Å². The van der Waals surface area contributed by atoms with Crippen molar-refractivity contribution in [3.05, 3.63) is 62.7 Å². The minimum atomic E-state index is -1.06. The van der Waals surface area contributed by atoms with E-state index in [2.05, 4.69) is 6.58 Å². The van der Waals surface area contributed by atoms with E-state index in [1.807, 2.05) is 0 Å². The van der Waals surface area contributed by atoms with E-state index in [0.29, 0.717) is 16.0 Å². The molecule has 3 atom stereocenters. The van der Waals surface area contributed by atoms with Crippen LogP contribution >= 0.6 is 11.8 Å².